The summed E-state index contributed by atoms with van der Waals surface area (Å²) in [5.41, 5.74) is 1.30. The molecule has 0 spiro atoms. The van der Waals surface area contributed by atoms with Gasteiger partial charge in [-0.2, -0.15) is 19.1 Å². The smallest absolute Gasteiger partial charge is 0.264 e. The minimum Gasteiger partial charge on any atom is -0.276 e. The molecular formula is C14H14N6O2S2. The minimum atomic E-state index is -3.77. The van der Waals surface area contributed by atoms with Crippen molar-refractivity contribution >= 4 is 38.5 Å². The Morgan fingerprint density at radius 3 is 3.00 bits per heavy atom. The Morgan fingerprint density at radius 2 is 2.17 bits per heavy atom. The molecule has 0 saturated heterocycles. The van der Waals surface area contributed by atoms with E-state index in [1.54, 1.807) is 23.0 Å². The first-order valence-electron chi connectivity index (χ1n) is 7.24. The topological polar surface area (TPSA) is 114 Å². The molecule has 0 radical (unpaired) electrons. The number of hydrogen-bond donors (Lipinski definition) is 1. The van der Waals surface area contributed by atoms with Crippen LogP contribution in [-0.4, -0.2) is 26.9 Å². The molecule has 0 fully saturated rings. The summed E-state index contributed by atoms with van der Waals surface area (Å²) in [4.78, 5) is 0.0931. The molecule has 8 nitrogen and oxygen atoms in total. The van der Waals surface area contributed by atoms with Crippen molar-refractivity contribution in [3.05, 3.63) is 30.6 Å². The average Bonchev–Trinajstić information content (AvgIpc) is 3.19. The van der Waals surface area contributed by atoms with Crippen LogP contribution in [0, 0.1) is 11.3 Å². The summed E-state index contributed by atoms with van der Waals surface area (Å²) in [6, 6.07) is 6.94. The van der Waals surface area contributed by atoms with Crippen molar-refractivity contribution in [1.29, 1.82) is 5.26 Å². The van der Waals surface area contributed by atoms with Crippen molar-refractivity contribution in [2.75, 3.05) is 4.72 Å². The minimum absolute atomic E-state index is 0.0931. The van der Waals surface area contributed by atoms with Crippen LogP contribution in [0.15, 0.2) is 35.5 Å². The van der Waals surface area contributed by atoms with Gasteiger partial charge in [0.05, 0.1) is 29.7 Å². The fourth-order valence-corrected chi connectivity index (χ4v) is 4.02. The molecule has 1 aromatic carbocycles. The zero-order valence-electron chi connectivity index (χ0n) is 12.6. The molecule has 0 saturated carbocycles. The second-order valence-electron chi connectivity index (χ2n) is 5.10. The van der Waals surface area contributed by atoms with Crippen LogP contribution >= 0.6 is 11.7 Å². The number of benzene rings is 1. The Balaban J connectivity index is 1.75. The fraction of sp³-hybridized carbons (Fsp3) is 0.286. The lowest BCUT2D eigenvalue weighted by atomic mass is 10.2. The Labute approximate surface area is 143 Å². The molecule has 0 atom stereocenters. The zero-order chi connectivity index (χ0) is 17.0. The highest BCUT2D eigenvalue weighted by Crippen LogP contribution is 2.23. The highest BCUT2D eigenvalue weighted by atomic mass is 32.2. The summed E-state index contributed by atoms with van der Waals surface area (Å²) >= 11 is 0.975. The van der Waals surface area contributed by atoms with Crippen LogP contribution in [0.2, 0.25) is 0 Å². The Morgan fingerprint density at radius 1 is 1.29 bits per heavy atom. The van der Waals surface area contributed by atoms with Crippen molar-refractivity contribution < 1.29 is 8.42 Å². The van der Waals surface area contributed by atoms with Gasteiger partial charge in [-0.1, -0.05) is 6.07 Å². The first-order valence-corrected chi connectivity index (χ1v) is 9.45. The Hall–Kier alpha value is -2.51. The van der Waals surface area contributed by atoms with E-state index in [4.69, 9.17) is 5.26 Å². The lowest BCUT2D eigenvalue weighted by molar-refractivity contribution is 0.562. The van der Waals surface area contributed by atoms with Crippen molar-refractivity contribution in [3.8, 4) is 6.07 Å². The number of anilines is 1. The summed E-state index contributed by atoms with van der Waals surface area (Å²) in [6.07, 6.45) is 5.19. The molecule has 1 N–H and O–H groups in total. The lowest BCUT2D eigenvalue weighted by Crippen LogP contribution is -2.13. The summed E-state index contributed by atoms with van der Waals surface area (Å²) in [6.45, 7) is 0.634. The molecule has 0 aliphatic heterocycles. The first-order chi connectivity index (χ1) is 11.6. The number of aryl methyl sites for hydroxylation is 1. The van der Waals surface area contributed by atoms with Crippen LogP contribution < -0.4 is 4.72 Å². The van der Waals surface area contributed by atoms with E-state index in [2.05, 4.69) is 24.6 Å². The molecule has 2 heterocycles. The van der Waals surface area contributed by atoms with E-state index in [0.717, 1.165) is 24.6 Å². The number of sulfonamides is 1. The summed E-state index contributed by atoms with van der Waals surface area (Å²) < 4.78 is 37.4. The predicted octanol–water partition coefficient (Wildman–Crippen LogP) is 2.38. The van der Waals surface area contributed by atoms with Crippen molar-refractivity contribution in [2.45, 2.75) is 30.7 Å². The largest absolute Gasteiger partial charge is 0.276 e. The number of nitrogens with one attached hydrogen (secondary N) is 1. The van der Waals surface area contributed by atoms with Gasteiger partial charge < -0.3 is 0 Å². The molecule has 0 bridgehead atoms. The Kier molecular flexibility index (Phi) is 4.73. The average molecular weight is 362 g/mol. The normalized spacial score (nSPS) is 11.5. The molecule has 124 valence electrons. The van der Waals surface area contributed by atoms with Gasteiger partial charge in [0.15, 0.2) is 0 Å². The molecule has 0 aliphatic carbocycles. The standard InChI is InChI=1S/C14H14N6O2S2/c15-7-2-1-3-8-20-10-11(9-16-20)19-24(21,22)13-6-4-5-12-14(13)18-23-17-12/h4-6,9-10,19H,1-3,8H2. The molecule has 0 unspecified atom stereocenters. The fourth-order valence-electron chi connectivity index (χ4n) is 2.22. The van der Waals surface area contributed by atoms with Gasteiger partial charge in [-0.15, -0.1) is 0 Å². The number of rotatable bonds is 7. The third-order valence-corrected chi connectivity index (χ3v) is 5.31. The van der Waals surface area contributed by atoms with E-state index in [1.807, 2.05) is 0 Å². The number of aromatic nitrogens is 4. The van der Waals surface area contributed by atoms with Crippen LogP contribution in [0.1, 0.15) is 19.3 Å². The second-order valence-corrected chi connectivity index (χ2v) is 7.28. The molecular weight excluding hydrogens is 348 g/mol. The van der Waals surface area contributed by atoms with Crippen molar-refractivity contribution in [3.63, 3.8) is 0 Å². The third kappa shape index (κ3) is 3.52. The van der Waals surface area contributed by atoms with Gasteiger partial charge in [0.2, 0.25) is 0 Å². The summed E-state index contributed by atoms with van der Waals surface area (Å²) in [5, 5.41) is 12.6. The van der Waals surface area contributed by atoms with Crippen LogP contribution in [0.5, 0.6) is 0 Å². The molecule has 2 aromatic heterocycles. The predicted molar refractivity (Wildman–Crippen MR) is 89.9 cm³/mol. The maximum absolute atomic E-state index is 12.6. The number of hydrogen-bond acceptors (Lipinski definition) is 7. The molecule has 10 heteroatoms. The third-order valence-electron chi connectivity index (χ3n) is 3.35. The Bertz CT molecular complexity index is 986. The van der Waals surface area contributed by atoms with E-state index in [1.165, 1.54) is 12.3 Å². The van der Waals surface area contributed by atoms with Gasteiger partial charge in [0, 0.05) is 19.2 Å². The highest BCUT2D eigenvalue weighted by molar-refractivity contribution is 7.93. The quantitative estimate of drug-likeness (QED) is 0.646. The van der Waals surface area contributed by atoms with Gasteiger partial charge in [-0.3, -0.25) is 9.40 Å². The van der Waals surface area contributed by atoms with E-state index >= 15 is 0 Å². The molecule has 0 aliphatic rings. The van der Waals surface area contributed by atoms with Crippen LogP contribution in [0.3, 0.4) is 0 Å². The zero-order valence-corrected chi connectivity index (χ0v) is 14.2. The number of nitrogens with zero attached hydrogens (tertiary/aromatic N) is 5. The summed E-state index contributed by atoms with van der Waals surface area (Å²) in [7, 11) is -3.77. The van der Waals surface area contributed by atoms with Crippen molar-refractivity contribution in [2.24, 2.45) is 0 Å². The monoisotopic (exact) mass is 362 g/mol. The van der Waals surface area contributed by atoms with Gasteiger partial charge >= 0.3 is 0 Å². The van der Waals surface area contributed by atoms with Crippen molar-refractivity contribution in [1.82, 2.24) is 18.5 Å². The SMILES string of the molecule is N#CCCCCn1cc(NS(=O)(=O)c2cccc3nsnc23)cn1. The van der Waals surface area contributed by atoms with Gasteiger partial charge in [-0.05, 0) is 25.0 Å². The van der Waals surface area contributed by atoms with E-state index < -0.39 is 10.0 Å². The van der Waals surface area contributed by atoms with Crippen LogP contribution in [0.25, 0.3) is 11.0 Å². The van der Waals surface area contributed by atoms with Crippen LogP contribution in [0.4, 0.5) is 5.69 Å². The van der Waals surface area contributed by atoms with Gasteiger partial charge in [0.1, 0.15) is 15.9 Å². The summed E-state index contributed by atoms with van der Waals surface area (Å²) in [5.74, 6) is 0. The lowest BCUT2D eigenvalue weighted by Gasteiger charge is -2.06. The van der Waals surface area contributed by atoms with E-state index in [0.29, 0.717) is 29.7 Å². The second kappa shape index (κ2) is 6.94. The molecule has 24 heavy (non-hydrogen) atoms. The van der Waals surface area contributed by atoms with Gasteiger partial charge in [-0.25, -0.2) is 8.42 Å². The van der Waals surface area contributed by atoms with Gasteiger partial charge in [0.25, 0.3) is 10.0 Å². The van der Waals surface area contributed by atoms with E-state index in [-0.39, 0.29) is 4.90 Å². The number of fused-ring (bicyclic) bond motifs is 1. The van der Waals surface area contributed by atoms with Crippen LogP contribution in [-0.2, 0) is 16.6 Å². The molecule has 3 aromatic rings. The molecule has 3 rings (SSSR count). The molecule has 0 amide bonds. The highest BCUT2D eigenvalue weighted by Gasteiger charge is 2.20. The number of unbranched alkanes of at least 4 members (excludes halogenated alkanes) is 2. The first kappa shape index (κ1) is 16.4. The van der Waals surface area contributed by atoms with E-state index in [9.17, 15) is 8.42 Å². The maximum Gasteiger partial charge on any atom is 0.264 e. The maximum atomic E-state index is 12.6. The number of nitriles is 1.